The van der Waals surface area contributed by atoms with Crippen LogP contribution >= 0.6 is 11.3 Å². The minimum atomic E-state index is -0.429. The number of rotatable bonds is 3. The van der Waals surface area contributed by atoms with Gasteiger partial charge in [0.1, 0.15) is 16.9 Å². The number of benzene rings is 1. The van der Waals surface area contributed by atoms with Crippen molar-refractivity contribution >= 4 is 27.2 Å². The molecule has 0 saturated carbocycles. The van der Waals surface area contributed by atoms with E-state index in [4.69, 9.17) is 4.74 Å². The monoisotopic (exact) mass is 327 g/mol. The fraction of sp³-hybridized carbons (Fsp3) is 0.250. The number of nitro benzene ring substituents is 1. The summed E-state index contributed by atoms with van der Waals surface area (Å²) in [6.45, 7) is 0. The van der Waals surface area contributed by atoms with Gasteiger partial charge in [0, 0.05) is 17.0 Å². The Morgan fingerprint density at radius 2 is 1.91 bits per heavy atom. The van der Waals surface area contributed by atoms with Gasteiger partial charge in [-0.1, -0.05) is 0 Å². The average molecular weight is 327 g/mol. The molecule has 116 valence electrons. The molecule has 7 heteroatoms. The van der Waals surface area contributed by atoms with Crippen LogP contribution in [-0.2, 0) is 12.8 Å². The Balaban J connectivity index is 1.74. The molecule has 1 aliphatic rings. The summed E-state index contributed by atoms with van der Waals surface area (Å²) < 4.78 is 5.88. The summed E-state index contributed by atoms with van der Waals surface area (Å²) in [4.78, 5) is 21.3. The summed E-state index contributed by atoms with van der Waals surface area (Å²) in [5.41, 5.74) is 1.34. The molecule has 0 atom stereocenters. The van der Waals surface area contributed by atoms with Crippen molar-refractivity contribution < 1.29 is 9.66 Å². The van der Waals surface area contributed by atoms with Crippen LogP contribution < -0.4 is 4.74 Å². The van der Waals surface area contributed by atoms with E-state index in [9.17, 15) is 10.1 Å². The Labute approximate surface area is 135 Å². The molecule has 0 fully saturated rings. The predicted molar refractivity (Wildman–Crippen MR) is 87.2 cm³/mol. The molecule has 0 N–H and O–H groups in total. The van der Waals surface area contributed by atoms with Gasteiger partial charge in [-0.3, -0.25) is 10.1 Å². The van der Waals surface area contributed by atoms with Crippen LogP contribution in [0.15, 0.2) is 30.6 Å². The lowest BCUT2D eigenvalue weighted by molar-refractivity contribution is -0.384. The average Bonchev–Trinajstić information content (AvgIpc) is 2.95. The fourth-order valence-electron chi connectivity index (χ4n) is 2.89. The number of aromatic nitrogens is 2. The van der Waals surface area contributed by atoms with Crippen molar-refractivity contribution in [3.63, 3.8) is 0 Å². The van der Waals surface area contributed by atoms with E-state index in [0.29, 0.717) is 11.6 Å². The Hall–Kier alpha value is -2.54. The first-order valence-corrected chi connectivity index (χ1v) is 8.21. The van der Waals surface area contributed by atoms with E-state index in [1.165, 1.54) is 41.7 Å². The normalized spacial score (nSPS) is 13.7. The lowest BCUT2D eigenvalue weighted by atomic mass is 9.97. The second-order valence-corrected chi connectivity index (χ2v) is 6.51. The van der Waals surface area contributed by atoms with E-state index in [1.807, 2.05) is 0 Å². The van der Waals surface area contributed by atoms with Crippen molar-refractivity contribution in [2.24, 2.45) is 0 Å². The van der Waals surface area contributed by atoms with Gasteiger partial charge in [-0.2, -0.15) is 0 Å². The molecule has 6 nitrogen and oxygen atoms in total. The number of non-ortho nitro benzene ring substituents is 1. The molecular formula is C16H13N3O3S. The Morgan fingerprint density at radius 3 is 2.70 bits per heavy atom. The minimum absolute atomic E-state index is 0.0399. The van der Waals surface area contributed by atoms with Gasteiger partial charge in [0.15, 0.2) is 0 Å². The van der Waals surface area contributed by atoms with Crippen molar-refractivity contribution in [2.75, 3.05) is 0 Å². The van der Waals surface area contributed by atoms with Gasteiger partial charge in [0.2, 0.25) is 5.88 Å². The summed E-state index contributed by atoms with van der Waals surface area (Å²) in [5, 5.41) is 11.7. The predicted octanol–water partition coefficient (Wildman–Crippen LogP) is 4.27. The topological polar surface area (TPSA) is 78.2 Å². The van der Waals surface area contributed by atoms with Crippen LogP contribution in [0, 0.1) is 10.1 Å². The Bertz CT molecular complexity index is 889. The number of thiophene rings is 1. The molecule has 0 amide bonds. The van der Waals surface area contributed by atoms with Crippen LogP contribution in [0.5, 0.6) is 11.6 Å². The third-order valence-electron chi connectivity index (χ3n) is 3.98. The Morgan fingerprint density at radius 1 is 1.13 bits per heavy atom. The Kier molecular flexibility index (Phi) is 3.42. The molecule has 1 aromatic carbocycles. The van der Waals surface area contributed by atoms with Gasteiger partial charge in [-0.05, 0) is 43.4 Å². The van der Waals surface area contributed by atoms with E-state index < -0.39 is 4.92 Å². The van der Waals surface area contributed by atoms with Crippen LogP contribution in [0.1, 0.15) is 23.3 Å². The molecular weight excluding hydrogens is 314 g/mol. The maximum Gasteiger partial charge on any atom is 0.269 e. The van der Waals surface area contributed by atoms with Crippen molar-refractivity contribution in [3.8, 4) is 11.6 Å². The molecule has 0 spiro atoms. The summed E-state index contributed by atoms with van der Waals surface area (Å²) >= 11 is 1.71. The third kappa shape index (κ3) is 2.53. The third-order valence-corrected chi connectivity index (χ3v) is 5.18. The first-order valence-electron chi connectivity index (χ1n) is 7.40. The maximum absolute atomic E-state index is 10.7. The molecule has 3 aromatic rings. The lowest BCUT2D eigenvalue weighted by Crippen LogP contribution is -1.99. The highest BCUT2D eigenvalue weighted by molar-refractivity contribution is 7.18. The quantitative estimate of drug-likeness (QED) is 0.530. The number of ether oxygens (including phenoxy) is 1. The highest BCUT2D eigenvalue weighted by Gasteiger charge is 2.21. The minimum Gasteiger partial charge on any atom is -0.438 e. The van der Waals surface area contributed by atoms with Crippen LogP contribution in [-0.4, -0.2) is 14.9 Å². The largest absolute Gasteiger partial charge is 0.438 e. The molecule has 0 saturated heterocycles. The van der Waals surface area contributed by atoms with Crippen molar-refractivity contribution in [1.29, 1.82) is 0 Å². The van der Waals surface area contributed by atoms with Gasteiger partial charge in [-0.25, -0.2) is 9.97 Å². The molecule has 4 rings (SSSR count). The second-order valence-electron chi connectivity index (χ2n) is 5.42. The molecule has 0 bridgehead atoms. The molecule has 1 aliphatic carbocycles. The van der Waals surface area contributed by atoms with E-state index in [2.05, 4.69) is 9.97 Å². The lowest BCUT2D eigenvalue weighted by Gasteiger charge is -2.11. The summed E-state index contributed by atoms with van der Waals surface area (Å²) in [6, 6.07) is 6.03. The first kappa shape index (κ1) is 14.1. The number of hydrogen-bond donors (Lipinski definition) is 0. The molecule has 0 aliphatic heterocycles. The number of aryl methyl sites for hydroxylation is 2. The van der Waals surface area contributed by atoms with Gasteiger partial charge >= 0.3 is 0 Å². The number of nitrogens with zero attached hydrogens (tertiary/aromatic N) is 3. The van der Waals surface area contributed by atoms with Crippen molar-refractivity contribution in [2.45, 2.75) is 25.7 Å². The van der Waals surface area contributed by atoms with E-state index >= 15 is 0 Å². The SMILES string of the molecule is O=[N+]([O-])c1ccc(Oc2ncnc3sc4c(c23)CCCC4)cc1. The summed E-state index contributed by atoms with van der Waals surface area (Å²) in [5.74, 6) is 1.06. The highest BCUT2D eigenvalue weighted by Crippen LogP contribution is 2.40. The van der Waals surface area contributed by atoms with Gasteiger partial charge in [-0.15, -0.1) is 11.3 Å². The zero-order valence-corrected chi connectivity index (χ0v) is 13.0. The molecule has 0 radical (unpaired) electrons. The zero-order chi connectivity index (χ0) is 15.8. The van der Waals surface area contributed by atoms with E-state index in [-0.39, 0.29) is 5.69 Å². The standard InChI is InChI=1S/C16H13N3O3S/c20-19(21)10-5-7-11(8-6-10)22-15-14-12-3-1-2-4-13(12)23-16(14)18-9-17-15/h5-9H,1-4H2. The number of hydrogen-bond acceptors (Lipinski definition) is 6. The molecule has 2 aromatic heterocycles. The first-order chi connectivity index (χ1) is 11.2. The zero-order valence-electron chi connectivity index (χ0n) is 12.2. The van der Waals surface area contributed by atoms with Gasteiger partial charge in [0.05, 0.1) is 10.3 Å². The summed E-state index contributed by atoms with van der Waals surface area (Å²) in [7, 11) is 0. The molecule has 0 unspecified atom stereocenters. The molecule has 23 heavy (non-hydrogen) atoms. The maximum atomic E-state index is 10.7. The summed E-state index contributed by atoms with van der Waals surface area (Å²) in [6.07, 6.45) is 6.01. The molecule has 2 heterocycles. The highest BCUT2D eigenvalue weighted by atomic mass is 32.1. The van der Waals surface area contributed by atoms with Crippen LogP contribution in [0.3, 0.4) is 0 Å². The van der Waals surface area contributed by atoms with Crippen LogP contribution in [0.25, 0.3) is 10.2 Å². The number of nitro groups is 1. The van der Waals surface area contributed by atoms with Crippen LogP contribution in [0.4, 0.5) is 5.69 Å². The smallest absolute Gasteiger partial charge is 0.269 e. The fourth-order valence-corrected chi connectivity index (χ4v) is 4.11. The van der Waals surface area contributed by atoms with Crippen LogP contribution in [0.2, 0.25) is 0 Å². The second kappa shape index (κ2) is 5.58. The van der Waals surface area contributed by atoms with Gasteiger partial charge in [0.25, 0.3) is 5.69 Å². The number of fused-ring (bicyclic) bond motifs is 3. The van der Waals surface area contributed by atoms with E-state index in [0.717, 1.165) is 23.1 Å². The van der Waals surface area contributed by atoms with E-state index in [1.54, 1.807) is 23.5 Å². The van der Waals surface area contributed by atoms with Gasteiger partial charge < -0.3 is 4.74 Å². The van der Waals surface area contributed by atoms with Crippen molar-refractivity contribution in [3.05, 3.63) is 51.1 Å². The van der Waals surface area contributed by atoms with Crippen molar-refractivity contribution in [1.82, 2.24) is 9.97 Å².